The number of carbonyl (C=O) groups is 1. The Morgan fingerprint density at radius 2 is 1.66 bits per heavy atom. The highest BCUT2D eigenvalue weighted by molar-refractivity contribution is 6.33. The number of hydrogen-bond donors (Lipinski definition) is 1. The van der Waals surface area contributed by atoms with E-state index in [1.807, 2.05) is 29.2 Å². The van der Waals surface area contributed by atoms with Crippen LogP contribution in [0, 0.1) is 5.82 Å². The molecule has 2 amide bonds. The summed E-state index contributed by atoms with van der Waals surface area (Å²) in [6.07, 6.45) is 0. The normalized spacial score (nSPS) is 13.4. The van der Waals surface area contributed by atoms with Crippen LogP contribution in [0.15, 0.2) is 42.5 Å². The van der Waals surface area contributed by atoms with Crippen LogP contribution < -0.4 is 24.4 Å². The third kappa shape index (κ3) is 5.17. The van der Waals surface area contributed by atoms with E-state index < -0.39 is 11.8 Å². The maximum atomic E-state index is 14.0. The minimum absolute atomic E-state index is 0.0187. The molecular weight excluding hydrogens is 477 g/mol. The van der Waals surface area contributed by atoms with Gasteiger partial charge in [0.25, 0.3) is 0 Å². The van der Waals surface area contributed by atoms with Crippen molar-refractivity contribution < 1.29 is 23.4 Å². The second-order valence-electron chi connectivity index (χ2n) is 7.69. The number of rotatable bonds is 6. The van der Waals surface area contributed by atoms with E-state index in [0.717, 1.165) is 5.56 Å². The lowest BCUT2D eigenvalue weighted by atomic mass is 10.1. The smallest absolute Gasteiger partial charge is 0.322 e. The lowest BCUT2D eigenvalue weighted by Gasteiger charge is -2.35. The van der Waals surface area contributed by atoms with Gasteiger partial charge in [-0.3, -0.25) is 0 Å². The minimum Gasteiger partial charge on any atom is -0.493 e. The fourth-order valence-corrected chi connectivity index (χ4v) is 4.03. The summed E-state index contributed by atoms with van der Waals surface area (Å²) in [5.41, 5.74) is 1.40. The Kier molecular flexibility index (Phi) is 7.40. The highest BCUT2D eigenvalue weighted by Crippen LogP contribution is 2.40. The van der Waals surface area contributed by atoms with Crippen molar-refractivity contribution in [3.63, 3.8) is 0 Å². The molecule has 0 aliphatic carbocycles. The van der Waals surface area contributed by atoms with Gasteiger partial charge in [0.05, 0.1) is 37.7 Å². The summed E-state index contributed by atoms with van der Waals surface area (Å²) in [5.74, 6) is 1.67. The molecule has 0 atom stereocenters. The summed E-state index contributed by atoms with van der Waals surface area (Å²) in [5, 5.41) is 11.4. The highest BCUT2D eigenvalue weighted by Gasteiger charge is 2.24. The number of nitrogens with zero attached hydrogens (tertiary/aromatic N) is 4. The number of carbonyl (C=O) groups excluding carboxylic acids is 1. The van der Waals surface area contributed by atoms with Crippen LogP contribution in [0.3, 0.4) is 0 Å². The van der Waals surface area contributed by atoms with E-state index in [9.17, 15) is 9.18 Å². The molecule has 9 nitrogen and oxygen atoms in total. The molecular formula is C24H25ClFN5O4. The number of hydrogen-bond acceptors (Lipinski definition) is 7. The number of ether oxygens (including phenoxy) is 3. The molecule has 0 spiro atoms. The first-order valence-corrected chi connectivity index (χ1v) is 11.2. The summed E-state index contributed by atoms with van der Waals surface area (Å²) in [6, 6.07) is 11.2. The van der Waals surface area contributed by atoms with Gasteiger partial charge in [-0.2, -0.15) is 0 Å². The molecule has 1 aliphatic heterocycles. The Balaban J connectivity index is 1.41. The first-order chi connectivity index (χ1) is 16.9. The van der Waals surface area contributed by atoms with Gasteiger partial charge < -0.3 is 29.3 Å². The van der Waals surface area contributed by atoms with Crippen molar-refractivity contribution >= 4 is 29.1 Å². The molecule has 1 aromatic heterocycles. The largest absolute Gasteiger partial charge is 0.493 e. The van der Waals surface area contributed by atoms with Gasteiger partial charge >= 0.3 is 6.03 Å². The second kappa shape index (κ2) is 10.6. The molecule has 1 N–H and O–H groups in total. The van der Waals surface area contributed by atoms with E-state index in [1.165, 1.54) is 18.2 Å². The maximum absolute atomic E-state index is 14.0. The average Bonchev–Trinajstić information content (AvgIpc) is 2.90. The van der Waals surface area contributed by atoms with E-state index in [-0.39, 0.29) is 10.7 Å². The molecule has 1 aliphatic rings. The van der Waals surface area contributed by atoms with Gasteiger partial charge in [0.1, 0.15) is 5.82 Å². The molecule has 2 aromatic carbocycles. The van der Waals surface area contributed by atoms with E-state index in [4.69, 9.17) is 25.8 Å². The third-order valence-electron chi connectivity index (χ3n) is 5.70. The zero-order valence-electron chi connectivity index (χ0n) is 19.5. The quantitative estimate of drug-likeness (QED) is 0.538. The topological polar surface area (TPSA) is 89.1 Å². The number of benzene rings is 2. The number of piperazine rings is 1. The lowest BCUT2D eigenvalue weighted by molar-refractivity contribution is 0.208. The molecule has 4 rings (SSSR count). The number of urea groups is 1. The monoisotopic (exact) mass is 501 g/mol. The van der Waals surface area contributed by atoms with Crippen LogP contribution in [0.25, 0.3) is 11.3 Å². The summed E-state index contributed by atoms with van der Waals surface area (Å²) in [4.78, 5) is 16.2. The summed E-state index contributed by atoms with van der Waals surface area (Å²) < 4.78 is 30.2. The van der Waals surface area contributed by atoms with Crippen molar-refractivity contribution in [1.29, 1.82) is 0 Å². The zero-order valence-corrected chi connectivity index (χ0v) is 20.3. The number of halogens is 2. The van der Waals surface area contributed by atoms with Crippen LogP contribution in [-0.2, 0) is 0 Å². The van der Waals surface area contributed by atoms with Crippen molar-refractivity contribution in [2.24, 2.45) is 0 Å². The second-order valence-corrected chi connectivity index (χ2v) is 8.10. The van der Waals surface area contributed by atoms with Gasteiger partial charge in [0.15, 0.2) is 17.3 Å². The Bertz CT molecular complexity index is 1160. The number of nitrogens with one attached hydrogen (secondary N) is 1. The first-order valence-electron chi connectivity index (χ1n) is 10.8. The average molecular weight is 502 g/mol. The molecule has 2 heterocycles. The standard InChI is InChI=1S/C24H25ClFN5O4/c1-33-19-13-15(14-20(34-2)23(19)35-3)18-7-8-21(29-28-18)30-9-11-31(12-10-30)24(32)27-22-16(25)5-4-6-17(22)26/h4-8,13-14H,9-12H2,1-3H3,(H,27,32). The SMILES string of the molecule is COc1cc(-c2ccc(N3CCN(C(=O)Nc4c(F)cccc4Cl)CC3)nn2)cc(OC)c1OC. The van der Waals surface area contributed by atoms with Crippen LogP contribution in [0.4, 0.5) is 20.7 Å². The van der Waals surface area contributed by atoms with E-state index in [0.29, 0.717) is 54.9 Å². The Hall–Kier alpha value is -3.79. The molecule has 3 aromatic rings. The fourth-order valence-electron chi connectivity index (χ4n) is 3.82. The fraction of sp³-hybridized carbons (Fsp3) is 0.292. The van der Waals surface area contributed by atoms with Gasteiger partial charge in [-0.1, -0.05) is 17.7 Å². The number of para-hydroxylation sites is 1. The molecule has 1 fully saturated rings. The zero-order chi connectivity index (χ0) is 24.9. The maximum Gasteiger partial charge on any atom is 0.322 e. The van der Waals surface area contributed by atoms with Crippen molar-refractivity contribution in [1.82, 2.24) is 15.1 Å². The molecule has 0 bridgehead atoms. The minimum atomic E-state index is -0.577. The molecule has 35 heavy (non-hydrogen) atoms. The summed E-state index contributed by atoms with van der Waals surface area (Å²) in [7, 11) is 4.66. The van der Waals surface area contributed by atoms with Crippen LogP contribution in [0.5, 0.6) is 17.2 Å². The van der Waals surface area contributed by atoms with Crippen LogP contribution in [0.1, 0.15) is 0 Å². The number of aromatic nitrogens is 2. The van der Waals surface area contributed by atoms with Crippen LogP contribution in [-0.4, -0.2) is 68.6 Å². The van der Waals surface area contributed by atoms with Gasteiger partial charge in [-0.15, -0.1) is 10.2 Å². The molecule has 184 valence electrons. The predicted molar refractivity (Wildman–Crippen MR) is 131 cm³/mol. The summed E-state index contributed by atoms with van der Waals surface area (Å²) in [6.45, 7) is 1.98. The Morgan fingerprint density at radius 3 is 2.20 bits per heavy atom. The van der Waals surface area contributed by atoms with E-state index >= 15 is 0 Å². The molecule has 0 saturated carbocycles. The van der Waals surface area contributed by atoms with Crippen molar-refractivity contribution in [2.75, 3.05) is 57.7 Å². The first kappa shape index (κ1) is 24.3. The van der Waals surface area contributed by atoms with E-state index in [1.54, 1.807) is 26.2 Å². The van der Waals surface area contributed by atoms with E-state index in [2.05, 4.69) is 15.5 Å². The third-order valence-corrected chi connectivity index (χ3v) is 6.01. The van der Waals surface area contributed by atoms with Crippen LogP contribution >= 0.6 is 11.6 Å². The Labute approximate surface area is 207 Å². The molecule has 0 radical (unpaired) electrons. The van der Waals surface area contributed by atoms with Gasteiger partial charge in [0.2, 0.25) is 5.75 Å². The molecule has 11 heteroatoms. The van der Waals surface area contributed by atoms with Gasteiger partial charge in [0, 0.05) is 31.7 Å². The number of methoxy groups -OCH3 is 3. The van der Waals surface area contributed by atoms with Crippen molar-refractivity contribution in [2.45, 2.75) is 0 Å². The van der Waals surface area contributed by atoms with Crippen molar-refractivity contribution in [3.8, 4) is 28.5 Å². The lowest BCUT2D eigenvalue weighted by Crippen LogP contribution is -2.50. The Morgan fingerprint density at radius 1 is 0.971 bits per heavy atom. The van der Waals surface area contributed by atoms with Crippen molar-refractivity contribution in [3.05, 3.63) is 53.3 Å². The van der Waals surface area contributed by atoms with Crippen LogP contribution in [0.2, 0.25) is 5.02 Å². The molecule has 1 saturated heterocycles. The predicted octanol–water partition coefficient (Wildman–Crippen LogP) is 4.32. The van der Waals surface area contributed by atoms with Gasteiger partial charge in [-0.25, -0.2) is 9.18 Å². The highest BCUT2D eigenvalue weighted by atomic mass is 35.5. The number of amides is 2. The summed E-state index contributed by atoms with van der Waals surface area (Å²) >= 11 is 6.00. The van der Waals surface area contributed by atoms with Gasteiger partial charge in [-0.05, 0) is 36.4 Å². The number of anilines is 2. The molecule has 0 unspecified atom stereocenters.